The molecular weight excluding hydrogens is 296 g/mol. The molecule has 5 N–H and O–H groups in total. The summed E-state index contributed by atoms with van der Waals surface area (Å²) >= 11 is 0. The summed E-state index contributed by atoms with van der Waals surface area (Å²) in [5.74, 6) is 1.10. The molecule has 22 heavy (non-hydrogen) atoms. The zero-order chi connectivity index (χ0) is 15.0. The molecule has 0 amide bonds. The van der Waals surface area contributed by atoms with Gasteiger partial charge in [0.15, 0.2) is 0 Å². The summed E-state index contributed by atoms with van der Waals surface area (Å²) in [6.45, 7) is 7.66. The van der Waals surface area contributed by atoms with Gasteiger partial charge in [-0.25, -0.2) is 0 Å². The van der Waals surface area contributed by atoms with Gasteiger partial charge in [-0.1, -0.05) is 25.7 Å². The van der Waals surface area contributed by atoms with E-state index < -0.39 is 0 Å². The Hall–Kier alpha value is 0.130. The van der Waals surface area contributed by atoms with Crippen LogP contribution in [0.3, 0.4) is 0 Å². The maximum absolute atomic E-state index is 5.44. The van der Waals surface area contributed by atoms with E-state index in [1.54, 1.807) is 0 Å². The fraction of sp³-hybridized carbons (Fsp3) is 1.00. The van der Waals surface area contributed by atoms with Crippen LogP contribution in [-0.2, 0) is 0 Å². The van der Waals surface area contributed by atoms with Crippen LogP contribution in [-0.4, -0.2) is 45.8 Å². The van der Waals surface area contributed by atoms with Gasteiger partial charge in [-0.15, -0.1) is 12.4 Å². The van der Waals surface area contributed by atoms with E-state index in [9.17, 15) is 0 Å². The Labute approximate surface area is 144 Å². The van der Waals surface area contributed by atoms with Gasteiger partial charge in [0.1, 0.15) is 0 Å². The summed E-state index contributed by atoms with van der Waals surface area (Å²) < 4.78 is 0. The fourth-order valence-electron chi connectivity index (χ4n) is 2.53. The Morgan fingerprint density at radius 1 is 0.636 bits per heavy atom. The summed E-state index contributed by atoms with van der Waals surface area (Å²) in [6, 6.07) is 0. The van der Waals surface area contributed by atoms with Crippen molar-refractivity contribution in [2.45, 2.75) is 57.8 Å². The number of unbranched alkanes of at least 4 members (excludes halogenated alkanes) is 2. The number of halogens is 1. The van der Waals surface area contributed by atoms with Crippen molar-refractivity contribution in [2.75, 3.05) is 45.8 Å². The minimum Gasteiger partial charge on any atom is -0.330 e. The molecule has 0 atom stereocenters. The number of hydrogen-bond donors (Lipinski definition) is 4. The van der Waals surface area contributed by atoms with Crippen molar-refractivity contribution in [3.8, 4) is 0 Å². The molecule has 5 heteroatoms. The van der Waals surface area contributed by atoms with Crippen LogP contribution >= 0.6 is 12.4 Å². The molecule has 0 aliphatic heterocycles. The molecule has 0 aromatic heterocycles. The lowest BCUT2D eigenvalue weighted by Gasteiger charge is -2.07. The summed E-state index contributed by atoms with van der Waals surface area (Å²) in [7, 11) is 0. The van der Waals surface area contributed by atoms with Gasteiger partial charge in [-0.2, -0.15) is 0 Å². The first-order valence-electron chi connectivity index (χ1n) is 9.25. The third-order valence-corrected chi connectivity index (χ3v) is 4.13. The topological polar surface area (TPSA) is 62.1 Å². The van der Waals surface area contributed by atoms with Crippen LogP contribution in [0, 0.1) is 5.92 Å². The van der Waals surface area contributed by atoms with E-state index in [-0.39, 0.29) is 12.4 Å². The summed E-state index contributed by atoms with van der Waals surface area (Å²) in [6.07, 6.45) is 12.1. The zero-order valence-corrected chi connectivity index (χ0v) is 15.2. The predicted molar refractivity (Wildman–Crippen MR) is 100.0 cm³/mol. The van der Waals surface area contributed by atoms with Crippen LogP contribution in [0.1, 0.15) is 57.8 Å². The van der Waals surface area contributed by atoms with Gasteiger partial charge < -0.3 is 21.7 Å². The first-order valence-corrected chi connectivity index (χ1v) is 9.25. The van der Waals surface area contributed by atoms with Gasteiger partial charge in [0.25, 0.3) is 0 Å². The molecule has 0 spiro atoms. The molecule has 0 saturated heterocycles. The number of rotatable bonds is 17. The lowest BCUT2D eigenvalue weighted by atomic mass is 10.2. The van der Waals surface area contributed by atoms with Crippen molar-refractivity contribution in [2.24, 2.45) is 11.7 Å². The lowest BCUT2D eigenvalue weighted by molar-refractivity contribution is 0.542. The van der Waals surface area contributed by atoms with Crippen molar-refractivity contribution in [3.63, 3.8) is 0 Å². The summed E-state index contributed by atoms with van der Waals surface area (Å²) in [5.41, 5.74) is 5.44. The molecule has 0 heterocycles. The largest absolute Gasteiger partial charge is 0.330 e. The summed E-state index contributed by atoms with van der Waals surface area (Å²) in [4.78, 5) is 0. The quantitative estimate of drug-likeness (QED) is 0.308. The standard InChI is InChI=1S/C17H38N4.ClH/c18-10-5-14-19-12-3-4-13-21-16-6-15-20-11-2-1-7-17-8-9-17;/h17,19-21H,1-16,18H2;1H. The van der Waals surface area contributed by atoms with Crippen LogP contribution in [0.5, 0.6) is 0 Å². The van der Waals surface area contributed by atoms with E-state index in [4.69, 9.17) is 5.73 Å². The maximum Gasteiger partial charge on any atom is -0.00368 e. The molecule has 1 fully saturated rings. The van der Waals surface area contributed by atoms with Crippen LogP contribution < -0.4 is 21.7 Å². The minimum atomic E-state index is 0. The first-order chi connectivity index (χ1) is 10.4. The molecule has 0 bridgehead atoms. The lowest BCUT2D eigenvalue weighted by Crippen LogP contribution is -2.24. The first kappa shape index (κ1) is 22.1. The SMILES string of the molecule is Cl.NCCCNCCCCNCCCNCCCCC1CC1. The highest BCUT2D eigenvalue weighted by atomic mass is 35.5. The molecular formula is C17H39ClN4. The molecule has 0 aromatic carbocycles. The van der Waals surface area contributed by atoms with Gasteiger partial charge in [0.05, 0.1) is 0 Å². The predicted octanol–water partition coefficient (Wildman–Crippen LogP) is 2.28. The molecule has 1 rings (SSSR count). The second-order valence-corrected chi connectivity index (χ2v) is 6.39. The molecule has 0 aromatic rings. The van der Waals surface area contributed by atoms with Crippen molar-refractivity contribution in [1.29, 1.82) is 0 Å². The minimum absolute atomic E-state index is 0. The van der Waals surface area contributed by atoms with Crippen LogP contribution in [0.2, 0.25) is 0 Å². The second-order valence-electron chi connectivity index (χ2n) is 6.39. The molecule has 1 aliphatic carbocycles. The van der Waals surface area contributed by atoms with Crippen molar-refractivity contribution in [3.05, 3.63) is 0 Å². The van der Waals surface area contributed by atoms with Crippen molar-refractivity contribution >= 4 is 12.4 Å². The molecule has 1 aliphatic rings. The molecule has 0 unspecified atom stereocenters. The van der Waals surface area contributed by atoms with Gasteiger partial charge in [-0.05, 0) is 83.8 Å². The highest BCUT2D eigenvalue weighted by molar-refractivity contribution is 5.85. The molecule has 1 saturated carbocycles. The van der Waals surface area contributed by atoms with Crippen molar-refractivity contribution < 1.29 is 0 Å². The Morgan fingerprint density at radius 3 is 1.59 bits per heavy atom. The van der Waals surface area contributed by atoms with E-state index >= 15 is 0 Å². The van der Waals surface area contributed by atoms with E-state index in [0.29, 0.717) is 0 Å². The zero-order valence-electron chi connectivity index (χ0n) is 14.4. The monoisotopic (exact) mass is 334 g/mol. The van der Waals surface area contributed by atoms with Crippen LogP contribution in [0.4, 0.5) is 0 Å². The number of hydrogen-bond acceptors (Lipinski definition) is 4. The highest BCUT2D eigenvalue weighted by Gasteiger charge is 2.19. The average molecular weight is 335 g/mol. The van der Waals surface area contributed by atoms with Gasteiger partial charge >= 0.3 is 0 Å². The molecule has 4 nitrogen and oxygen atoms in total. The number of nitrogens with two attached hydrogens (primary N) is 1. The van der Waals surface area contributed by atoms with Crippen LogP contribution in [0.15, 0.2) is 0 Å². The van der Waals surface area contributed by atoms with E-state index in [1.807, 2.05) is 0 Å². The van der Waals surface area contributed by atoms with E-state index in [2.05, 4.69) is 16.0 Å². The second kappa shape index (κ2) is 17.5. The average Bonchev–Trinajstić information content (AvgIpc) is 3.31. The summed E-state index contributed by atoms with van der Waals surface area (Å²) in [5, 5.41) is 10.5. The van der Waals surface area contributed by atoms with Gasteiger partial charge in [-0.3, -0.25) is 0 Å². The van der Waals surface area contributed by atoms with E-state index in [1.165, 1.54) is 57.9 Å². The van der Waals surface area contributed by atoms with E-state index in [0.717, 1.165) is 51.6 Å². The van der Waals surface area contributed by atoms with Crippen molar-refractivity contribution in [1.82, 2.24) is 16.0 Å². The Morgan fingerprint density at radius 2 is 1.09 bits per heavy atom. The number of nitrogens with one attached hydrogen (secondary N) is 3. The molecule has 0 radical (unpaired) electrons. The highest BCUT2D eigenvalue weighted by Crippen LogP contribution is 2.33. The molecule has 134 valence electrons. The van der Waals surface area contributed by atoms with Gasteiger partial charge in [0, 0.05) is 0 Å². The fourth-order valence-corrected chi connectivity index (χ4v) is 2.53. The Kier molecular flexibility index (Phi) is 17.6. The Bertz CT molecular complexity index is 213. The third-order valence-electron chi connectivity index (χ3n) is 4.13. The van der Waals surface area contributed by atoms with Crippen LogP contribution in [0.25, 0.3) is 0 Å². The smallest absolute Gasteiger partial charge is 0.00368 e. The Balaban J connectivity index is 0.00000441. The maximum atomic E-state index is 5.44. The van der Waals surface area contributed by atoms with Gasteiger partial charge in [0.2, 0.25) is 0 Å². The normalized spacial score (nSPS) is 14.0. The third kappa shape index (κ3) is 16.5.